The molecule has 0 spiro atoms. The molecular formula is C23H19F5N4S2. The van der Waals surface area contributed by atoms with Crippen LogP contribution in [0.25, 0.3) is 5.69 Å². The zero-order valence-electron chi connectivity index (χ0n) is 18.0. The van der Waals surface area contributed by atoms with Gasteiger partial charge in [0, 0.05) is 33.3 Å². The molecule has 0 aliphatic carbocycles. The number of alkyl halides is 5. The van der Waals surface area contributed by atoms with Crippen molar-refractivity contribution in [2.45, 2.75) is 30.7 Å². The molecule has 0 saturated carbocycles. The Kier molecular flexibility index (Phi) is 7.04. The van der Waals surface area contributed by atoms with Gasteiger partial charge >= 0.3 is 6.18 Å². The predicted molar refractivity (Wildman–Crippen MR) is 128 cm³/mol. The number of nitrogens with zero attached hydrogens (tertiary/aromatic N) is 3. The van der Waals surface area contributed by atoms with Crippen molar-refractivity contribution >= 4 is 40.1 Å². The standard InChI is InChI=1S/C23H19F5N4S2/c1-13-10-19(14(2)32(13)17-5-3-4-15(11-17)23(26,27)28)20-12-33-22(31-30-20)29-16-6-8-18(9-7-16)34-21(24)25/h3-11,21H,12H2,1-2H3,(H,29,31). The molecule has 0 unspecified atom stereocenters. The van der Waals surface area contributed by atoms with E-state index in [4.69, 9.17) is 0 Å². The number of thioether (sulfide) groups is 2. The number of hydrazone groups is 1. The van der Waals surface area contributed by atoms with Gasteiger partial charge in [0.05, 0.1) is 17.0 Å². The molecule has 178 valence electrons. The lowest BCUT2D eigenvalue weighted by Crippen LogP contribution is -2.25. The second kappa shape index (κ2) is 9.83. The third-order valence-corrected chi connectivity index (χ3v) is 6.69. The Morgan fingerprint density at radius 2 is 1.82 bits per heavy atom. The van der Waals surface area contributed by atoms with E-state index in [1.165, 1.54) is 17.8 Å². The molecule has 0 atom stereocenters. The van der Waals surface area contributed by atoms with Crippen LogP contribution >= 0.6 is 23.5 Å². The van der Waals surface area contributed by atoms with Gasteiger partial charge in [-0.2, -0.15) is 27.1 Å². The largest absolute Gasteiger partial charge is 0.416 e. The van der Waals surface area contributed by atoms with Crippen molar-refractivity contribution in [2.75, 3.05) is 5.75 Å². The first-order chi connectivity index (χ1) is 16.1. The first-order valence-corrected chi connectivity index (χ1v) is 11.9. The fourth-order valence-electron chi connectivity index (χ4n) is 3.60. The fraction of sp³-hybridized carbons (Fsp3) is 0.217. The van der Waals surface area contributed by atoms with Gasteiger partial charge in [-0.3, -0.25) is 5.43 Å². The molecule has 1 aliphatic rings. The summed E-state index contributed by atoms with van der Waals surface area (Å²) in [7, 11) is 0. The molecule has 3 aromatic rings. The lowest BCUT2D eigenvalue weighted by atomic mass is 10.1. The van der Waals surface area contributed by atoms with Crippen LogP contribution in [0.5, 0.6) is 0 Å². The first kappa shape index (κ1) is 24.3. The van der Waals surface area contributed by atoms with Gasteiger partial charge in [-0.05, 0) is 62.4 Å². The highest BCUT2D eigenvalue weighted by Crippen LogP contribution is 2.32. The van der Waals surface area contributed by atoms with E-state index in [0.717, 1.165) is 34.8 Å². The van der Waals surface area contributed by atoms with Gasteiger partial charge < -0.3 is 4.57 Å². The summed E-state index contributed by atoms with van der Waals surface area (Å²) >= 11 is 1.90. The molecule has 2 heterocycles. The topological polar surface area (TPSA) is 41.7 Å². The number of nitrogens with one attached hydrogen (secondary N) is 1. The molecule has 1 aromatic heterocycles. The molecule has 4 nitrogen and oxygen atoms in total. The first-order valence-electron chi connectivity index (χ1n) is 10.1. The van der Waals surface area contributed by atoms with E-state index in [0.29, 0.717) is 39.0 Å². The molecule has 0 amide bonds. The minimum absolute atomic E-state index is 0.434. The number of benzene rings is 2. The maximum absolute atomic E-state index is 13.2. The summed E-state index contributed by atoms with van der Waals surface area (Å²) in [4.78, 5) is 4.90. The van der Waals surface area contributed by atoms with Gasteiger partial charge in [0.1, 0.15) is 0 Å². The van der Waals surface area contributed by atoms with Crippen LogP contribution in [-0.2, 0) is 6.18 Å². The van der Waals surface area contributed by atoms with Crippen LogP contribution in [0.4, 0.5) is 27.6 Å². The van der Waals surface area contributed by atoms with E-state index in [2.05, 4.69) is 15.5 Å². The van der Waals surface area contributed by atoms with Gasteiger partial charge in [0.2, 0.25) is 0 Å². The zero-order chi connectivity index (χ0) is 24.5. The van der Waals surface area contributed by atoms with E-state index < -0.39 is 17.5 Å². The van der Waals surface area contributed by atoms with Crippen LogP contribution in [0.15, 0.2) is 69.6 Å². The van der Waals surface area contributed by atoms with Crippen LogP contribution in [0.3, 0.4) is 0 Å². The minimum Gasteiger partial charge on any atom is -0.318 e. The fourth-order valence-corrected chi connectivity index (χ4v) is 4.88. The van der Waals surface area contributed by atoms with Crippen LogP contribution in [0.1, 0.15) is 22.5 Å². The summed E-state index contributed by atoms with van der Waals surface area (Å²) in [5, 5.41) is 4.98. The molecule has 0 bridgehead atoms. The van der Waals surface area contributed by atoms with Crippen molar-refractivity contribution in [2.24, 2.45) is 10.1 Å². The molecule has 4 rings (SSSR count). The number of halogens is 5. The zero-order valence-corrected chi connectivity index (χ0v) is 19.7. The Balaban J connectivity index is 1.54. The minimum atomic E-state index is -4.42. The number of rotatable bonds is 5. The van der Waals surface area contributed by atoms with Crippen LogP contribution < -0.4 is 5.43 Å². The number of hydrogen-bond acceptors (Lipinski definition) is 4. The maximum Gasteiger partial charge on any atom is 0.416 e. The summed E-state index contributed by atoms with van der Waals surface area (Å²) in [5.74, 6) is -1.96. The summed E-state index contributed by atoms with van der Waals surface area (Å²) < 4.78 is 66.2. The van der Waals surface area contributed by atoms with Crippen molar-refractivity contribution in [3.05, 3.63) is 77.1 Å². The van der Waals surface area contributed by atoms with Crippen molar-refractivity contribution in [1.82, 2.24) is 9.99 Å². The molecule has 0 saturated heterocycles. The Bertz CT molecular complexity index is 1250. The monoisotopic (exact) mass is 510 g/mol. The summed E-state index contributed by atoms with van der Waals surface area (Å²) in [6.07, 6.45) is -4.42. The summed E-state index contributed by atoms with van der Waals surface area (Å²) in [6.45, 7) is 3.68. The second-order valence-corrected chi connectivity index (χ2v) is 9.44. The number of aryl methyl sites for hydroxylation is 1. The van der Waals surface area contributed by atoms with Gasteiger partial charge in [-0.25, -0.2) is 4.99 Å². The highest BCUT2D eigenvalue weighted by molar-refractivity contribution is 8.14. The van der Waals surface area contributed by atoms with Gasteiger partial charge in [-0.1, -0.05) is 29.6 Å². The van der Waals surface area contributed by atoms with E-state index in [1.54, 1.807) is 34.9 Å². The maximum atomic E-state index is 13.2. The SMILES string of the molecule is Cc1cc(C2=NNC(=Nc3ccc(SC(F)F)cc3)SC2)c(C)n1-c1cccc(C(F)(F)F)c1. The quantitative estimate of drug-likeness (QED) is 0.293. The lowest BCUT2D eigenvalue weighted by Gasteiger charge is -2.16. The highest BCUT2D eigenvalue weighted by Gasteiger charge is 2.31. The van der Waals surface area contributed by atoms with Crippen molar-refractivity contribution in [3.8, 4) is 5.69 Å². The van der Waals surface area contributed by atoms with Gasteiger partial charge in [-0.15, -0.1) is 0 Å². The number of amidine groups is 1. The Hall–Kier alpha value is -2.79. The van der Waals surface area contributed by atoms with Crippen molar-refractivity contribution in [1.29, 1.82) is 0 Å². The molecule has 1 aliphatic heterocycles. The number of aromatic nitrogens is 1. The molecule has 11 heteroatoms. The van der Waals surface area contributed by atoms with E-state index in [1.807, 2.05) is 19.9 Å². The van der Waals surface area contributed by atoms with E-state index in [9.17, 15) is 22.0 Å². The van der Waals surface area contributed by atoms with Crippen LogP contribution in [0, 0.1) is 13.8 Å². The van der Waals surface area contributed by atoms with Gasteiger partial charge in [0.15, 0.2) is 5.17 Å². The molecule has 2 aromatic carbocycles. The Morgan fingerprint density at radius 3 is 2.44 bits per heavy atom. The second-order valence-electron chi connectivity index (χ2n) is 7.42. The lowest BCUT2D eigenvalue weighted by molar-refractivity contribution is -0.137. The number of hydrogen-bond donors (Lipinski definition) is 1. The molecule has 1 N–H and O–H groups in total. The third-order valence-electron chi connectivity index (χ3n) is 5.10. The summed E-state index contributed by atoms with van der Waals surface area (Å²) in [6, 6.07) is 13.6. The third kappa shape index (κ3) is 5.47. The number of aliphatic imine (C=N–C) groups is 1. The van der Waals surface area contributed by atoms with E-state index in [-0.39, 0.29) is 0 Å². The normalized spacial score (nSPS) is 15.5. The summed E-state index contributed by atoms with van der Waals surface area (Å²) in [5.41, 5.74) is 6.40. The van der Waals surface area contributed by atoms with Gasteiger partial charge in [0.25, 0.3) is 5.76 Å². The average molecular weight is 511 g/mol. The molecular weight excluding hydrogens is 491 g/mol. The van der Waals surface area contributed by atoms with Crippen LogP contribution in [-0.4, -0.2) is 27.0 Å². The van der Waals surface area contributed by atoms with Crippen LogP contribution in [0.2, 0.25) is 0 Å². The molecule has 0 radical (unpaired) electrons. The van der Waals surface area contributed by atoms with E-state index >= 15 is 0 Å². The molecule has 0 fully saturated rings. The smallest absolute Gasteiger partial charge is 0.318 e. The highest BCUT2D eigenvalue weighted by atomic mass is 32.2. The Morgan fingerprint density at radius 1 is 1.09 bits per heavy atom. The molecule has 34 heavy (non-hydrogen) atoms. The van der Waals surface area contributed by atoms with Crippen molar-refractivity contribution < 1.29 is 22.0 Å². The average Bonchev–Trinajstić information content (AvgIpc) is 3.08. The Labute approximate surface area is 201 Å². The predicted octanol–water partition coefficient (Wildman–Crippen LogP) is 7.16. The van der Waals surface area contributed by atoms with Crippen molar-refractivity contribution in [3.63, 3.8) is 0 Å².